The van der Waals surface area contributed by atoms with E-state index in [9.17, 15) is 29.1 Å². The molecular weight excluding hydrogens is 753 g/mol. The Kier molecular flexibility index (Phi) is 22.1. The Morgan fingerprint density at radius 3 is 2.07 bits per heavy atom. The number of nitrogens with two attached hydrogens (primary N) is 1. The number of nitrogens with one attached hydrogen (secondary N) is 2. The predicted molar refractivity (Wildman–Crippen MR) is 231 cm³/mol. The maximum Gasteiger partial charge on any atom is 0.245 e. The summed E-state index contributed by atoms with van der Waals surface area (Å²) < 4.78 is 12.0. The molecule has 1 saturated heterocycles. The van der Waals surface area contributed by atoms with Crippen LogP contribution < -0.4 is 16.4 Å². The van der Waals surface area contributed by atoms with Gasteiger partial charge in [0.05, 0.1) is 48.8 Å². The topological polar surface area (TPSA) is 184 Å². The maximum atomic E-state index is 14.5. The highest BCUT2D eigenvalue weighted by molar-refractivity contribution is 5.92. The van der Waals surface area contributed by atoms with Crippen LogP contribution in [-0.4, -0.2) is 133 Å². The van der Waals surface area contributed by atoms with E-state index in [4.69, 9.17) is 15.2 Å². The molecule has 14 nitrogen and oxygen atoms in total. The van der Waals surface area contributed by atoms with Crippen LogP contribution in [0.15, 0.2) is 30.3 Å². The van der Waals surface area contributed by atoms with E-state index in [2.05, 4.69) is 10.6 Å². The third kappa shape index (κ3) is 14.3. The summed E-state index contributed by atoms with van der Waals surface area (Å²) in [5.74, 6) is -2.47. The molecule has 1 aromatic rings. The number of amides is 5. The van der Waals surface area contributed by atoms with E-state index in [1.807, 2.05) is 71.9 Å². The van der Waals surface area contributed by atoms with Crippen LogP contribution in [0, 0.1) is 23.7 Å². The average molecular weight is 831 g/mol. The number of aliphatic hydroxyl groups is 1. The zero-order valence-electron chi connectivity index (χ0n) is 38.1. The van der Waals surface area contributed by atoms with E-state index in [1.165, 1.54) is 4.90 Å². The Hall–Kier alpha value is -3.59. The van der Waals surface area contributed by atoms with Crippen LogP contribution in [-0.2, 0) is 33.4 Å². The molecule has 5 amide bonds. The minimum absolute atomic E-state index is 0.0107. The van der Waals surface area contributed by atoms with Crippen LogP contribution in [0.3, 0.4) is 0 Å². The van der Waals surface area contributed by atoms with E-state index in [0.29, 0.717) is 44.3 Å². The van der Waals surface area contributed by atoms with Crippen LogP contribution in [0.5, 0.6) is 0 Å². The molecule has 2 rings (SSSR count). The first-order valence-electron chi connectivity index (χ1n) is 21.8. The molecule has 14 heteroatoms. The fourth-order valence-corrected chi connectivity index (χ4v) is 8.51. The highest BCUT2D eigenvalue weighted by atomic mass is 16.5. The highest BCUT2D eigenvalue weighted by Gasteiger charge is 2.43. The molecule has 2 unspecified atom stereocenters. The van der Waals surface area contributed by atoms with Crippen LogP contribution in [0.25, 0.3) is 0 Å². The number of hydrogen-bond donors (Lipinski definition) is 4. The largest absolute Gasteiger partial charge is 0.386 e. The van der Waals surface area contributed by atoms with Crippen molar-refractivity contribution in [1.29, 1.82) is 0 Å². The average Bonchev–Trinajstić information content (AvgIpc) is 3.70. The number of rotatable bonds is 25. The molecule has 1 aliphatic rings. The first-order chi connectivity index (χ1) is 27.9. The lowest BCUT2D eigenvalue weighted by Gasteiger charge is -2.41. The first kappa shape index (κ1) is 51.6. The van der Waals surface area contributed by atoms with Crippen molar-refractivity contribution < 1.29 is 38.6 Å². The van der Waals surface area contributed by atoms with Gasteiger partial charge in [-0.05, 0) is 62.5 Å². The molecule has 0 radical (unpaired) electrons. The van der Waals surface area contributed by atoms with E-state index in [0.717, 1.165) is 19.3 Å². The number of hydrogen-bond acceptors (Lipinski definition) is 9. The summed E-state index contributed by atoms with van der Waals surface area (Å²) in [6.07, 6.45) is 2.57. The summed E-state index contributed by atoms with van der Waals surface area (Å²) in [7, 11) is 6.42. The number of nitrogens with zero attached hydrogens (tertiary/aromatic N) is 3. The van der Waals surface area contributed by atoms with E-state index >= 15 is 0 Å². The lowest BCUT2D eigenvalue weighted by atomic mass is 9.89. The molecule has 1 aromatic carbocycles. The summed E-state index contributed by atoms with van der Waals surface area (Å²) >= 11 is 0. The van der Waals surface area contributed by atoms with Gasteiger partial charge in [0.1, 0.15) is 12.1 Å². The summed E-state index contributed by atoms with van der Waals surface area (Å²) in [5, 5.41) is 16.8. The molecule has 5 N–H and O–H groups in total. The second-order valence-electron chi connectivity index (χ2n) is 17.3. The van der Waals surface area contributed by atoms with Gasteiger partial charge in [0.2, 0.25) is 29.5 Å². The molecule has 0 aromatic heterocycles. The lowest BCUT2D eigenvalue weighted by Crippen LogP contribution is -2.60. The molecule has 1 aliphatic heterocycles. The van der Waals surface area contributed by atoms with Gasteiger partial charge in [-0.1, -0.05) is 91.6 Å². The minimum Gasteiger partial charge on any atom is -0.386 e. The molecule has 0 aliphatic carbocycles. The van der Waals surface area contributed by atoms with Gasteiger partial charge < -0.3 is 45.6 Å². The maximum absolute atomic E-state index is 14.5. The van der Waals surface area contributed by atoms with Gasteiger partial charge in [0.15, 0.2) is 0 Å². The number of unbranched alkanes of at least 4 members (excludes halogenated alkanes) is 2. The Labute approximate surface area is 354 Å². The van der Waals surface area contributed by atoms with Gasteiger partial charge in [-0.25, -0.2) is 0 Å². The fraction of sp³-hybridized carbons (Fsp3) is 0.756. The van der Waals surface area contributed by atoms with Gasteiger partial charge in [-0.15, -0.1) is 0 Å². The van der Waals surface area contributed by atoms with Crippen LogP contribution in [0.4, 0.5) is 0 Å². The molecule has 1 fully saturated rings. The number of methoxy groups -OCH3 is 2. The molecule has 59 heavy (non-hydrogen) atoms. The van der Waals surface area contributed by atoms with Crippen LogP contribution >= 0.6 is 0 Å². The summed E-state index contributed by atoms with van der Waals surface area (Å²) in [6.45, 7) is 16.1. The third-order valence-electron chi connectivity index (χ3n) is 12.3. The molecule has 0 bridgehead atoms. The Morgan fingerprint density at radius 1 is 0.881 bits per heavy atom. The molecule has 10 atom stereocenters. The Balaban J connectivity index is 2.26. The molecule has 0 spiro atoms. The van der Waals surface area contributed by atoms with Gasteiger partial charge in [-0.2, -0.15) is 0 Å². The van der Waals surface area contributed by atoms with Gasteiger partial charge >= 0.3 is 0 Å². The summed E-state index contributed by atoms with van der Waals surface area (Å²) in [6, 6.07) is 6.05. The minimum atomic E-state index is -0.893. The number of aliphatic hydroxyl groups excluding tert-OH is 1. The number of carbonyl (C=O) groups is 5. The van der Waals surface area contributed by atoms with Crippen molar-refractivity contribution in [3.8, 4) is 0 Å². The standard InChI is InChI=1S/C45H78N6O8/c1-13-30(6)40(50(10)45(57)38(28(2)3)48-44(56)39(29(4)5)49(9)36(52)24-18-15-19-25-46)35(58-11)27-37(53)51-26-20-23-34(51)42(59-12)31(7)43(55)47-32(8)41(54)33-21-16-14-17-22-33/h14,16-17,21-22,28-32,34-35,38-42,54H,13,15,18-20,23-27,46H2,1-12H3,(H,47,55)(H,48,56)/t30-,31+,32+,34-,35+,38-,39-,40-,41?,42?/m0/s1. The van der Waals surface area contributed by atoms with Crippen molar-refractivity contribution in [3.05, 3.63) is 35.9 Å². The van der Waals surface area contributed by atoms with E-state index < -0.39 is 54.3 Å². The summed E-state index contributed by atoms with van der Waals surface area (Å²) in [5.41, 5.74) is 6.31. The molecule has 0 saturated carbocycles. The Morgan fingerprint density at radius 2 is 1.53 bits per heavy atom. The second-order valence-corrected chi connectivity index (χ2v) is 17.3. The van der Waals surface area contributed by atoms with Crippen LogP contribution in [0.1, 0.15) is 118 Å². The van der Waals surface area contributed by atoms with Gasteiger partial charge in [0, 0.05) is 41.3 Å². The number of carbonyl (C=O) groups excluding carboxylic acids is 5. The van der Waals surface area contributed by atoms with Gasteiger partial charge in [-0.3, -0.25) is 24.0 Å². The normalized spacial score (nSPS) is 18.9. The van der Waals surface area contributed by atoms with Crippen molar-refractivity contribution >= 4 is 29.5 Å². The van der Waals surface area contributed by atoms with E-state index in [-0.39, 0.29) is 53.8 Å². The molecule has 336 valence electrons. The van der Waals surface area contributed by atoms with Crippen molar-refractivity contribution in [1.82, 2.24) is 25.3 Å². The highest BCUT2D eigenvalue weighted by Crippen LogP contribution is 2.30. The zero-order valence-corrected chi connectivity index (χ0v) is 38.1. The van der Waals surface area contributed by atoms with Crippen molar-refractivity contribution in [2.24, 2.45) is 29.4 Å². The molecule has 1 heterocycles. The smallest absolute Gasteiger partial charge is 0.245 e. The van der Waals surface area contributed by atoms with E-state index in [1.54, 1.807) is 52.0 Å². The number of likely N-dealkylation sites (tertiary alicyclic amines) is 1. The molecular formula is C45H78N6O8. The van der Waals surface area contributed by atoms with Crippen LogP contribution in [0.2, 0.25) is 0 Å². The monoisotopic (exact) mass is 831 g/mol. The Bertz CT molecular complexity index is 1460. The SMILES string of the molecule is CC[C@H](C)[C@@H]([C@@H](CC(=O)N1CCC[C@H]1C(OC)[C@@H](C)C(=O)N[C@H](C)C(O)c1ccccc1)OC)N(C)C(=O)[C@@H](NC(=O)[C@H](C(C)C)N(C)C(=O)CCCCCN)C(C)C. The van der Waals surface area contributed by atoms with Crippen molar-refractivity contribution in [2.45, 2.75) is 155 Å². The van der Waals surface area contributed by atoms with Crippen molar-refractivity contribution in [2.75, 3.05) is 41.4 Å². The number of benzene rings is 1. The second kappa shape index (κ2) is 25.2. The first-order valence-corrected chi connectivity index (χ1v) is 21.8. The third-order valence-corrected chi connectivity index (χ3v) is 12.3. The summed E-state index contributed by atoms with van der Waals surface area (Å²) in [4.78, 5) is 74.2. The predicted octanol–water partition coefficient (Wildman–Crippen LogP) is 4.29. The quantitative estimate of drug-likeness (QED) is 0.105. The fourth-order valence-electron chi connectivity index (χ4n) is 8.51. The number of likely N-dealkylation sites (N-methyl/N-ethyl adjacent to an activating group) is 2. The van der Waals surface area contributed by atoms with Crippen molar-refractivity contribution in [3.63, 3.8) is 0 Å². The number of ether oxygens (including phenoxy) is 2. The van der Waals surface area contributed by atoms with Gasteiger partial charge in [0.25, 0.3) is 0 Å². The lowest BCUT2D eigenvalue weighted by molar-refractivity contribution is -0.148. The zero-order chi connectivity index (χ0) is 44.6.